The number of hydrogen-bond donors (Lipinski definition) is 0. The molecule has 0 heteroatoms. The van der Waals surface area contributed by atoms with E-state index in [0.717, 1.165) is 0 Å². The zero-order chi connectivity index (χ0) is 15.4. The molecule has 0 saturated heterocycles. The number of unbranched alkanes of at least 4 members (excludes halogenated alkanes) is 12. The number of allylic oxidation sites excluding steroid dienone is 4. The normalized spacial score (nSPS) is 11.9. The average molecular weight is 291 g/mol. The van der Waals surface area contributed by atoms with Crippen molar-refractivity contribution in [1.29, 1.82) is 0 Å². The Bertz CT molecular complexity index is 200. The highest BCUT2D eigenvalue weighted by molar-refractivity contribution is 5.08. The van der Waals surface area contributed by atoms with Gasteiger partial charge in [0.1, 0.15) is 0 Å². The largest absolute Gasteiger partial charge is 0.0876 e. The van der Waals surface area contributed by atoms with Crippen molar-refractivity contribution in [1.82, 2.24) is 0 Å². The SMILES string of the molecule is CCCCCCCC/C=C/[C]/C=C/CCCCCCCC. The Morgan fingerprint density at radius 1 is 0.524 bits per heavy atom. The van der Waals surface area contributed by atoms with Gasteiger partial charge in [-0.2, -0.15) is 0 Å². The van der Waals surface area contributed by atoms with Crippen LogP contribution < -0.4 is 0 Å². The summed E-state index contributed by atoms with van der Waals surface area (Å²) in [4.78, 5) is 0. The number of rotatable bonds is 16. The molecule has 122 valence electrons. The van der Waals surface area contributed by atoms with E-state index in [2.05, 4.69) is 44.6 Å². The molecule has 0 rings (SSSR count). The molecule has 0 saturated carbocycles. The van der Waals surface area contributed by atoms with E-state index in [4.69, 9.17) is 0 Å². The molecule has 0 fully saturated rings. The highest BCUT2D eigenvalue weighted by Gasteiger charge is 1.89. The molecule has 21 heavy (non-hydrogen) atoms. The van der Waals surface area contributed by atoms with Gasteiger partial charge in [0, 0.05) is 6.42 Å². The predicted molar refractivity (Wildman–Crippen MR) is 97.5 cm³/mol. The van der Waals surface area contributed by atoms with Crippen molar-refractivity contribution in [2.45, 2.75) is 104 Å². The lowest BCUT2D eigenvalue weighted by molar-refractivity contribution is 0.611. The van der Waals surface area contributed by atoms with Gasteiger partial charge in [0.05, 0.1) is 0 Å². The molecule has 0 bridgehead atoms. The first-order valence-electron chi connectivity index (χ1n) is 9.47. The van der Waals surface area contributed by atoms with Gasteiger partial charge in [0.2, 0.25) is 0 Å². The van der Waals surface area contributed by atoms with E-state index < -0.39 is 0 Å². The Labute approximate surface area is 135 Å². The molecule has 2 radical (unpaired) electrons. The summed E-state index contributed by atoms with van der Waals surface area (Å²) in [6.45, 7) is 4.54. The topological polar surface area (TPSA) is 0 Å². The third-order valence-electron chi connectivity index (χ3n) is 3.88. The molecule has 0 aliphatic rings. The van der Waals surface area contributed by atoms with E-state index in [9.17, 15) is 0 Å². The lowest BCUT2D eigenvalue weighted by atomic mass is 10.1. The Morgan fingerprint density at radius 2 is 0.905 bits per heavy atom. The van der Waals surface area contributed by atoms with Gasteiger partial charge in [-0.3, -0.25) is 0 Å². The molecule has 0 N–H and O–H groups in total. The van der Waals surface area contributed by atoms with Crippen LogP contribution in [-0.4, -0.2) is 0 Å². The highest BCUT2D eigenvalue weighted by atomic mass is 13.9. The fraction of sp³-hybridized carbons (Fsp3) is 0.762. The van der Waals surface area contributed by atoms with Crippen molar-refractivity contribution >= 4 is 0 Å². The first-order chi connectivity index (χ1) is 10.4. The van der Waals surface area contributed by atoms with Crippen LogP contribution in [-0.2, 0) is 0 Å². The fourth-order valence-corrected chi connectivity index (χ4v) is 2.44. The molecule has 0 aromatic carbocycles. The Morgan fingerprint density at radius 3 is 1.33 bits per heavy atom. The van der Waals surface area contributed by atoms with Crippen molar-refractivity contribution in [2.75, 3.05) is 0 Å². The molecule has 0 amide bonds. The molecule has 0 unspecified atom stereocenters. The molecule has 0 spiro atoms. The standard InChI is InChI=1S/C21H38/c1-3-5-7-9-11-13-15-17-19-21-20-18-16-14-12-10-8-6-4-2/h17-20H,3-16H2,1-2H3/b19-17+,20-18+. The zero-order valence-electron chi connectivity index (χ0n) is 14.7. The number of hydrogen-bond acceptors (Lipinski definition) is 0. The summed E-state index contributed by atoms with van der Waals surface area (Å²) in [5.74, 6) is 0. The summed E-state index contributed by atoms with van der Waals surface area (Å²) >= 11 is 0. The Balaban J connectivity index is 3.14. The van der Waals surface area contributed by atoms with Gasteiger partial charge in [0.25, 0.3) is 0 Å². The van der Waals surface area contributed by atoms with Crippen LogP contribution in [0, 0.1) is 6.42 Å². The molecule has 0 heterocycles. The first-order valence-corrected chi connectivity index (χ1v) is 9.47. The minimum absolute atomic E-state index is 1.21. The molecule has 0 aromatic heterocycles. The molecule has 0 aliphatic carbocycles. The van der Waals surface area contributed by atoms with E-state index in [0.29, 0.717) is 0 Å². The molecule has 0 aromatic rings. The van der Waals surface area contributed by atoms with Crippen LogP contribution in [0.25, 0.3) is 0 Å². The van der Waals surface area contributed by atoms with Gasteiger partial charge in [-0.15, -0.1) is 0 Å². The monoisotopic (exact) mass is 290 g/mol. The predicted octanol–water partition coefficient (Wildman–Crippen LogP) is 7.68. The highest BCUT2D eigenvalue weighted by Crippen LogP contribution is 2.08. The van der Waals surface area contributed by atoms with Gasteiger partial charge in [-0.25, -0.2) is 0 Å². The molecule has 0 nitrogen and oxygen atoms in total. The van der Waals surface area contributed by atoms with Gasteiger partial charge < -0.3 is 0 Å². The van der Waals surface area contributed by atoms with Gasteiger partial charge in [-0.1, -0.05) is 102 Å². The van der Waals surface area contributed by atoms with Crippen molar-refractivity contribution in [2.24, 2.45) is 0 Å². The van der Waals surface area contributed by atoms with Crippen molar-refractivity contribution in [3.63, 3.8) is 0 Å². The average Bonchev–Trinajstić information content (AvgIpc) is 2.50. The van der Waals surface area contributed by atoms with E-state index in [1.807, 2.05) is 0 Å². The smallest absolute Gasteiger partial charge is 0.0337 e. The molecular weight excluding hydrogens is 252 g/mol. The third kappa shape index (κ3) is 19.5. The van der Waals surface area contributed by atoms with Crippen LogP contribution in [0.4, 0.5) is 0 Å². The van der Waals surface area contributed by atoms with Crippen LogP contribution in [0.15, 0.2) is 24.3 Å². The van der Waals surface area contributed by atoms with Crippen LogP contribution >= 0.6 is 0 Å². The van der Waals surface area contributed by atoms with E-state index in [1.54, 1.807) is 0 Å². The molecule has 0 aliphatic heterocycles. The quantitative estimate of drug-likeness (QED) is 0.256. The summed E-state index contributed by atoms with van der Waals surface area (Å²) in [5.41, 5.74) is 0. The van der Waals surface area contributed by atoms with Gasteiger partial charge in [-0.05, 0) is 25.7 Å². The summed E-state index contributed by atoms with van der Waals surface area (Å²) in [6.07, 6.45) is 31.0. The van der Waals surface area contributed by atoms with Crippen molar-refractivity contribution < 1.29 is 0 Å². The Kier molecular flexibility index (Phi) is 19.0. The second-order valence-corrected chi connectivity index (χ2v) is 6.08. The van der Waals surface area contributed by atoms with Crippen LogP contribution in [0.3, 0.4) is 0 Å². The van der Waals surface area contributed by atoms with E-state index in [-0.39, 0.29) is 0 Å². The van der Waals surface area contributed by atoms with Gasteiger partial charge in [0.15, 0.2) is 0 Å². The van der Waals surface area contributed by atoms with Crippen LogP contribution in [0.1, 0.15) is 104 Å². The maximum Gasteiger partial charge on any atom is 0.0337 e. The maximum absolute atomic E-state index is 3.25. The minimum atomic E-state index is 1.21. The summed E-state index contributed by atoms with van der Waals surface area (Å²) < 4.78 is 0. The van der Waals surface area contributed by atoms with Crippen molar-refractivity contribution in [3.8, 4) is 0 Å². The fourth-order valence-electron chi connectivity index (χ4n) is 2.44. The van der Waals surface area contributed by atoms with Crippen molar-refractivity contribution in [3.05, 3.63) is 30.7 Å². The summed E-state index contributed by atoms with van der Waals surface area (Å²) in [6, 6.07) is 0. The van der Waals surface area contributed by atoms with Gasteiger partial charge >= 0.3 is 0 Å². The maximum atomic E-state index is 3.25. The lowest BCUT2D eigenvalue weighted by Gasteiger charge is -1.97. The van der Waals surface area contributed by atoms with E-state index in [1.165, 1.54) is 89.9 Å². The van der Waals surface area contributed by atoms with Crippen LogP contribution in [0.2, 0.25) is 0 Å². The zero-order valence-corrected chi connectivity index (χ0v) is 14.7. The second-order valence-electron chi connectivity index (χ2n) is 6.08. The molecular formula is C21H38. The minimum Gasteiger partial charge on any atom is -0.0876 e. The summed E-state index contributed by atoms with van der Waals surface area (Å²) in [5, 5.41) is 0. The van der Waals surface area contributed by atoms with E-state index >= 15 is 0 Å². The first kappa shape index (κ1) is 20.5. The molecule has 0 atom stereocenters. The Hall–Kier alpha value is -0.520. The second kappa shape index (κ2) is 19.5. The summed E-state index contributed by atoms with van der Waals surface area (Å²) in [7, 11) is 0. The third-order valence-corrected chi connectivity index (χ3v) is 3.88. The lowest BCUT2D eigenvalue weighted by Crippen LogP contribution is -1.78. The van der Waals surface area contributed by atoms with Crippen LogP contribution in [0.5, 0.6) is 0 Å².